The molecule has 0 radical (unpaired) electrons. The highest BCUT2D eigenvalue weighted by Gasteiger charge is 2.24. The van der Waals surface area contributed by atoms with Gasteiger partial charge < -0.3 is 25.2 Å². The van der Waals surface area contributed by atoms with Crippen LogP contribution in [0.5, 0.6) is 0 Å². The van der Waals surface area contributed by atoms with Crippen molar-refractivity contribution in [2.45, 2.75) is 89.8 Å². The monoisotopic (exact) mass is 1030 g/mol. The smallest absolute Gasteiger partial charge is 0.407 e. The predicted octanol–water partition coefficient (Wildman–Crippen LogP) is 6.12. The van der Waals surface area contributed by atoms with E-state index >= 15 is 0 Å². The second kappa shape index (κ2) is 26.4. The number of hydrogen-bond donors (Lipinski definition) is 5. The van der Waals surface area contributed by atoms with Gasteiger partial charge in [-0.15, -0.1) is 0 Å². The van der Waals surface area contributed by atoms with Crippen LogP contribution in [0.2, 0.25) is 10.0 Å². The molecule has 1 heterocycles. The summed E-state index contributed by atoms with van der Waals surface area (Å²) in [4.78, 5) is 79.1. The third kappa shape index (κ3) is 24.5. The van der Waals surface area contributed by atoms with E-state index in [-0.39, 0.29) is 44.9 Å². The van der Waals surface area contributed by atoms with Gasteiger partial charge in [0, 0.05) is 41.4 Å². The molecule has 1 fully saturated rings. The number of esters is 2. The molecule has 1 aliphatic heterocycles. The third-order valence-electron chi connectivity index (χ3n) is 9.06. The Labute approximate surface area is 410 Å². The topological polar surface area (TPSA) is 275 Å². The maximum Gasteiger partial charge on any atom is 0.407 e. The molecule has 4 aromatic rings. The van der Waals surface area contributed by atoms with Crippen LogP contribution in [-0.4, -0.2) is 93.9 Å². The molecule has 69 heavy (non-hydrogen) atoms. The van der Waals surface area contributed by atoms with Crippen molar-refractivity contribution >= 4 is 85.0 Å². The summed E-state index contributed by atoms with van der Waals surface area (Å²) in [6.07, 6.45) is 1.09. The van der Waals surface area contributed by atoms with Crippen molar-refractivity contribution in [2.24, 2.45) is 0 Å². The molecule has 4 amide bonds. The highest BCUT2D eigenvalue weighted by atomic mass is 35.5. The lowest BCUT2D eigenvalue weighted by Gasteiger charge is -2.23. The largest absolute Gasteiger partial charge is 0.481 e. The van der Waals surface area contributed by atoms with Crippen molar-refractivity contribution in [3.63, 3.8) is 0 Å². The van der Waals surface area contributed by atoms with E-state index in [1.807, 2.05) is 94.4 Å². The van der Waals surface area contributed by atoms with Gasteiger partial charge in [0.05, 0.1) is 31.8 Å². The standard InChI is InChI=1S/C22H27ClN2O5S.C21H23ClN2O6S.C4H4O3/c1-22(2,3)30-21(27)24-19(14-20(26)25-31(4,28)29)12-15-8-10-16(11-9-15)17-6-5-7-18(23)13-17;1-31(29,30)24-20(26)13-18(23-19(25)9-10-21(27)28)11-14-5-7-15(8-6-14)16-3-2-4-17(22)12-16;5-3-1-2-4(6)7-3/h5-11,13,19H,12,14H2,1-4H3,(H,24,27)(H,25,26);2-8,12,18H,9-11,13H2,1H3,(H,23,25)(H,24,26)(H,27,28);1-2H2/t19-;18-;/m11./s1. The van der Waals surface area contributed by atoms with Crippen LogP contribution in [-0.2, 0) is 71.1 Å². The molecule has 0 saturated carbocycles. The fraction of sp³-hybridized carbons (Fsp3) is 0.340. The summed E-state index contributed by atoms with van der Waals surface area (Å²) in [6, 6.07) is 28.5. The Balaban J connectivity index is 0.000000319. The van der Waals surface area contributed by atoms with Crippen LogP contribution in [0, 0.1) is 0 Å². The molecule has 0 bridgehead atoms. The molecular formula is C47H54Cl2N4O14S2. The molecule has 1 aliphatic rings. The molecular weight excluding hydrogens is 980 g/mol. The first-order chi connectivity index (χ1) is 32.1. The molecule has 0 aliphatic carbocycles. The third-order valence-corrected chi connectivity index (χ3v) is 10.7. The molecule has 18 nitrogen and oxygen atoms in total. The Morgan fingerprint density at radius 1 is 0.623 bits per heavy atom. The average molecular weight is 1030 g/mol. The number of alkyl carbamates (subject to hydrolysis) is 1. The minimum Gasteiger partial charge on any atom is -0.481 e. The lowest BCUT2D eigenvalue weighted by Crippen LogP contribution is -2.43. The molecule has 22 heteroatoms. The average Bonchev–Trinajstić information content (AvgIpc) is 3.60. The van der Waals surface area contributed by atoms with E-state index in [9.17, 15) is 50.4 Å². The van der Waals surface area contributed by atoms with Gasteiger partial charge in [-0.25, -0.2) is 21.6 Å². The van der Waals surface area contributed by atoms with E-state index in [1.165, 1.54) is 0 Å². The SMILES string of the molecule is CC(C)(C)OC(=O)N[C@@H](CC(=O)NS(C)(=O)=O)Cc1ccc(-c2cccc(Cl)c2)cc1.CS(=O)(=O)NC(=O)C[C@@H](Cc1ccc(-c2cccc(Cl)c2)cc1)NC(=O)CCC(=O)O.O=C1CCC(=O)O1. The molecule has 372 valence electrons. The second-order valence-corrected chi connectivity index (χ2v) is 21.0. The molecule has 4 aromatic carbocycles. The van der Waals surface area contributed by atoms with E-state index in [4.69, 9.17) is 33.0 Å². The summed E-state index contributed by atoms with van der Waals surface area (Å²) in [5.41, 5.74) is 4.77. The number of carboxylic acid groups (broad SMARTS) is 1. The Kier molecular flexibility index (Phi) is 21.8. The number of nitrogens with one attached hydrogen (secondary N) is 4. The quantitative estimate of drug-likeness (QED) is 0.0589. The highest BCUT2D eigenvalue weighted by molar-refractivity contribution is 7.89. The Morgan fingerprint density at radius 2 is 1.03 bits per heavy atom. The first-order valence-corrected chi connectivity index (χ1v) is 25.6. The summed E-state index contributed by atoms with van der Waals surface area (Å²) >= 11 is 12.1. The lowest BCUT2D eigenvalue weighted by atomic mass is 9.99. The van der Waals surface area contributed by atoms with Gasteiger partial charge in [0.25, 0.3) is 0 Å². The Bertz CT molecular complexity index is 2680. The van der Waals surface area contributed by atoms with Gasteiger partial charge in [0.1, 0.15) is 5.60 Å². The van der Waals surface area contributed by atoms with Crippen molar-refractivity contribution < 1.29 is 65.0 Å². The van der Waals surface area contributed by atoms with Crippen molar-refractivity contribution in [1.29, 1.82) is 0 Å². The van der Waals surface area contributed by atoms with E-state index < -0.39 is 79.5 Å². The van der Waals surface area contributed by atoms with Gasteiger partial charge in [-0.05, 0) is 91.3 Å². The van der Waals surface area contributed by atoms with Gasteiger partial charge in [-0.1, -0.05) is 96.0 Å². The first kappa shape index (κ1) is 57.0. The molecule has 0 spiro atoms. The van der Waals surface area contributed by atoms with Gasteiger partial charge in [-0.2, -0.15) is 0 Å². The number of cyclic esters (lactones) is 2. The van der Waals surface area contributed by atoms with Gasteiger partial charge in [0.2, 0.25) is 37.8 Å². The van der Waals surface area contributed by atoms with E-state index in [0.717, 1.165) is 45.9 Å². The fourth-order valence-corrected chi connectivity index (χ4v) is 7.67. The predicted molar refractivity (Wildman–Crippen MR) is 259 cm³/mol. The van der Waals surface area contributed by atoms with Gasteiger partial charge in [0.15, 0.2) is 0 Å². The van der Waals surface area contributed by atoms with Gasteiger partial charge in [-0.3, -0.25) is 38.2 Å². The number of halogens is 2. The van der Waals surface area contributed by atoms with Crippen LogP contribution in [0.25, 0.3) is 22.3 Å². The fourth-order valence-electron chi connectivity index (χ4n) is 6.29. The first-order valence-electron chi connectivity index (χ1n) is 21.1. The van der Waals surface area contributed by atoms with Crippen LogP contribution < -0.4 is 20.1 Å². The van der Waals surface area contributed by atoms with Crippen LogP contribution in [0.3, 0.4) is 0 Å². The summed E-state index contributed by atoms with van der Waals surface area (Å²) in [6.45, 7) is 5.19. The summed E-state index contributed by atoms with van der Waals surface area (Å²) in [5.74, 6) is -3.91. The van der Waals surface area contributed by atoms with Crippen LogP contribution >= 0.6 is 23.2 Å². The van der Waals surface area contributed by atoms with Crippen LogP contribution in [0.15, 0.2) is 97.1 Å². The van der Waals surface area contributed by atoms with Crippen LogP contribution in [0.1, 0.15) is 70.4 Å². The number of amides is 4. The van der Waals surface area contributed by atoms with Crippen molar-refractivity contribution in [3.05, 3.63) is 118 Å². The number of benzene rings is 4. The summed E-state index contributed by atoms with van der Waals surface area (Å²) in [5, 5.41) is 15.2. The zero-order valence-corrected chi connectivity index (χ0v) is 41.5. The van der Waals surface area contributed by atoms with E-state index in [1.54, 1.807) is 32.9 Å². The van der Waals surface area contributed by atoms with E-state index in [2.05, 4.69) is 15.4 Å². The normalized spacial score (nSPS) is 13.1. The maximum absolute atomic E-state index is 12.2. The van der Waals surface area contributed by atoms with Gasteiger partial charge >= 0.3 is 24.0 Å². The number of rotatable bonds is 17. The molecule has 5 N–H and O–H groups in total. The highest BCUT2D eigenvalue weighted by Crippen LogP contribution is 2.25. The molecule has 0 aromatic heterocycles. The Morgan fingerprint density at radius 3 is 1.36 bits per heavy atom. The molecule has 1 saturated heterocycles. The Hall–Kier alpha value is -6.35. The number of carbonyl (C=O) groups excluding carboxylic acids is 6. The maximum atomic E-state index is 12.2. The second-order valence-electron chi connectivity index (χ2n) is 16.7. The number of sulfonamides is 2. The zero-order valence-electron chi connectivity index (χ0n) is 38.4. The van der Waals surface area contributed by atoms with Crippen molar-refractivity contribution in [3.8, 4) is 22.3 Å². The molecule has 0 unspecified atom stereocenters. The van der Waals surface area contributed by atoms with Crippen molar-refractivity contribution in [2.75, 3.05) is 12.5 Å². The minimum atomic E-state index is -3.73. The summed E-state index contributed by atoms with van der Waals surface area (Å²) < 4.78 is 58.4. The van der Waals surface area contributed by atoms with E-state index in [0.29, 0.717) is 16.5 Å². The van der Waals surface area contributed by atoms with Crippen LogP contribution in [0.4, 0.5) is 4.79 Å². The number of aliphatic carboxylic acids is 1. The zero-order chi connectivity index (χ0) is 51.5. The molecule has 5 rings (SSSR count). The minimum absolute atomic E-state index is 0.220. The molecule has 2 atom stereocenters. The summed E-state index contributed by atoms with van der Waals surface area (Å²) in [7, 11) is -7.43. The lowest BCUT2D eigenvalue weighted by molar-refractivity contribution is -0.152. The number of carbonyl (C=O) groups is 7. The number of hydrogen-bond acceptors (Lipinski definition) is 13. The van der Waals surface area contributed by atoms with Crippen molar-refractivity contribution in [1.82, 2.24) is 20.1 Å². The number of ether oxygens (including phenoxy) is 2. The number of carboxylic acids is 1.